The van der Waals surface area contributed by atoms with Crippen molar-refractivity contribution in [3.63, 3.8) is 0 Å². The molecule has 21 heavy (non-hydrogen) atoms. The summed E-state index contributed by atoms with van der Waals surface area (Å²) in [5.41, 5.74) is 2.05. The Balaban J connectivity index is 2.20. The molecule has 2 unspecified atom stereocenters. The lowest BCUT2D eigenvalue weighted by Gasteiger charge is -2.43. The van der Waals surface area contributed by atoms with E-state index in [4.69, 9.17) is 11.6 Å². The maximum atomic E-state index is 6.43. The highest BCUT2D eigenvalue weighted by molar-refractivity contribution is 6.31. The highest BCUT2D eigenvalue weighted by Gasteiger charge is 2.32. The molecule has 0 radical (unpaired) electrons. The normalized spacial score (nSPS) is 24.2. The Kier molecular flexibility index (Phi) is 5.33. The van der Waals surface area contributed by atoms with Crippen LogP contribution in [0, 0.1) is 18.8 Å². The van der Waals surface area contributed by atoms with E-state index in [1.165, 1.54) is 0 Å². The summed E-state index contributed by atoms with van der Waals surface area (Å²) in [6.45, 7) is 14.1. The van der Waals surface area contributed by atoms with Gasteiger partial charge < -0.3 is 5.32 Å². The van der Waals surface area contributed by atoms with E-state index in [0.29, 0.717) is 23.9 Å². The van der Waals surface area contributed by atoms with Crippen molar-refractivity contribution in [1.29, 1.82) is 0 Å². The number of aromatic nitrogens is 2. The SMILES string of the molecule is Cc1nn(C)c(CN2CC(C(C)C)NCC2C(C)C)c1Cl. The van der Waals surface area contributed by atoms with Crippen molar-refractivity contribution in [3.8, 4) is 0 Å². The largest absolute Gasteiger partial charge is 0.311 e. The Morgan fingerprint density at radius 3 is 2.43 bits per heavy atom. The van der Waals surface area contributed by atoms with Gasteiger partial charge in [-0.1, -0.05) is 39.3 Å². The van der Waals surface area contributed by atoms with Crippen molar-refractivity contribution in [2.45, 2.75) is 53.2 Å². The molecule has 0 aromatic carbocycles. The molecular formula is C16H29ClN4. The first-order chi connectivity index (χ1) is 9.81. The van der Waals surface area contributed by atoms with Crippen LogP contribution in [0.4, 0.5) is 0 Å². The molecule has 1 fully saturated rings. The minimum atomic E-state index is 0.547. The summed E-state index contributed by atoms with van der Waals surface area (Å²) in [6.07, 6.45) is 0. The number of nitrogens with one attached hydrogen (secondary N) is 1. The standard InChI is InChI=1S/C16H29ClN4/c1-10(2)13-8-21(14(7-18-13)11(3)4)9-15-16(17)12(5)19-20(15)6/h10-11,13-14,18H,7-9H2,1-6H3. The highest BCUT2D eigenvalue weighted by atomic mass is 35.5. The van der Waals surface area contributed by atoms with Crippen LogP contribution in [0.25, 0.3) is 0 Å². The van der Waals surface area contributed by atoms with Crippen molar-refractivity contribution in [1.82, 2.24) is 20.0 Å². The van der Waals surface area contributed by atoms with Crippen molar-refractivity contribution in [2.75, 3.05) is 13.1 Å². The Hall–Kier alpha value is -0.580. The monoisotopic (exact) mass is 312 g/mol. The molecule has 1 aromatic rings. The fourth-order valence-corrected chi connectivity index (χ4v) is 3.40. The van der Waals surface area contributed by atoms with Gasteiger partial charge in [-0.05, 0) is 18.8 Å². The lowest BCUT2D eigenvalue weighted by atomic mass is 9.94. The lowest BCUT2D eigenvalue weighted by Crippen LogP contribution is -2.59. The average molecular weight is 313 g/mol. The van der Waals surface area contributed by atoms with Gasteiger partial charge in [0.1, 0.15) is 0 Å². The maximum absolute atomic E-state index is 6.43. The summed E-state index contributed by atoms with van der Waals surface area (Å²) < 4.78 is 1.93. The molecular weight excluding hydrogens is 284 g/mol. The minimum Gasteiger partial charge on any atom is -0.311 e. The van der Waals surface area contributed by atoms with Gasteiger partial charge in [0.2, 0.25) is 0 Å². The zero-order valence-electron chi connectivity index (χ0n) is 14.2. The number of hydrogen-bond acceptors (Lipinski definition) is 3. The van der Waals surface area contributed by atoms with Gasteiger partial charge in [0.05, 0.1) is 16.4 Å². The molecule has 0 amide bonds. The molecule has 0 spiro atoms. The van der Waals surface area contributed by atoms with E-state index in [1.54, 1.807) is 0 Å². The molecule has 2 rings (SSSR count). The molecule has 0 aliphatic carbocycles. The third-order valence-electron chi connectivity index (χ3n) is 4.68. The van der Waals surface area contributed by atoms with Gasteiger partial charge in [-0.3, -0.25) is 9.58 Å². The lowest BCUT2D eigenvalue weighted by molar-refractivity contribution is 0.0762. The van der Waals surface area contributed by atoms with Gasteiger partial charge in [-0.25, -0.2) is 0 Å². The summed E-state index contributed by atoms with van der Waals surface area (Å²) in [4.78, 5) is 2.58. The van der Waals surface area contributed by atoms with Crippen LogP contribution in [0.1, 0.15) is 39.1 Å². The Morgan fingerprint density at radius 1 is 1.29 bits per heavy atom. The summed E-state index contributed by atoms with van der Waals surface area (Å²) in [7, 11) is 1.99. The quantitative estimate of drug-likeness (QED) is 0.928. The van der Waals surface area contributed by atoms with E-state index in [0.717, 1.165) is 36.0 Å². The van der Waals surface area contributed by atoms with Crippen LogP contribution >= 0.6 is 11.6 Å². The number of rotatable bonds is 4. The van der Waals surface area contributed by atoms with Crippen LogP contribution < -0.4 is 5.32 Å². The van der Waals surface area contributed by atoms with Crippen molar-refractivity contribution in [3.05, 3.63) is 16.4 Å². The molecule has 4 nitrogen and oxygen atoms in total. The summed E-state index contributed by atoms with van der Waals surface area (Å²) in [6, 6.07) is 1.10. The van der Waals surface area contributed by atoms with E-state index < -0.39 is 0 Å². The van der Waals surface area contributed by atoms with E-state index in [9.17, 15) is 0 Å². The number of nitrogens with zero attached hydrogens (tertiary/aromatic N) is 3. The fraction of sp³-hybridized carbons (Fsp3) is 0.812. The number of piperazine rings is 1. The Morgan fingerprint density at radius 2 is 1.95 bits per heavy atom. The summed E-state index contributed by atoms with van der Waals surface area (Å²) >= 11 is 6.43. The van der Waals surface area contributed by atoms with Crippen molar-refractivity contribution < 1.29 is 0 Å². The molecule has 0 bridgehead atoms. The molecule has 1 aromatic heterocycles. The minimum absolute atomic E-state index is 0.547. The molecule has 1 saturated heterocycles. The second-order valence-electron chi connectivity index (χ2n) is 6.97. The van der Waals surface area contributed by atoms with Crippen LogP contribution in [0.5, 0.6) is 0 Å². The van der Waals surface area contributed by atoms with Gasteiger partial charge in [-0.15, -0.1) is 0 Å². The molecule has 120 valence electrons. The van der Waals surface area contributed by atoms with Gasteiger partial charge in [0.25, 0.3) is 0 Å². The molecule has 1 aliphatic heterocycles. The second kappa shape index (κ2) is 6.67. The zero-order chi connectivity index (χ0) is 15.7. The summed E-state index contributed by atoms with van der Waals surface area (Å²) in [5.74, 6) is 1.27. The predicted octanol–water partition coefficient (Wildman–Crippen LogP) is 2.84. The van der Waals surface area contributed by atoms with Crippen LogP contribution in [-0.4, -0.2) is 39.9 Å². The first-order valence-electron chi connectivity index (χ1n) is 7.96. The number of halogens is 1. The Bertz CT molecular complexity index is 481. The van der Waals surface area contributed by atoms with Crippen LogP contribution in [0.2, 0.25) is 5.02 Å². The molecule has 1 aliphatic rings. The van der Waals surface area contributed by atoms with Crippen LogP contribution in [0.3, 0.4) is 0 Å². The van der Waals surface area contributed by atoms with E-state index in [-0.39, 0.29) is 0 Å². The zero-order valence-corrected chi connectivity index (χ0v) is 14.9. The maximum Gasteiger partial charge on any atom is 0.0860 e. The summed E-state index contributed by atoms with van der Waals surface area (Å²) in [5, 5.41) is 8.96. The van der Waals surface area contributed by atoms with Gasteiger partial charge in [0, 0.05) is 38.8 Å². The van der Waals surface area contributed by atoms with E-state index in [2.05, 4.69) is 43.0 Å². The number of hydrogen-bond donors (Lipinski definition) is 1. The molecule has 1 N–H and O–H groups in total. The predicted molar refractivity (Wildman–Crippen MR) is 88.6 cm³/mol. The molecule has 0 saturated carbocycles. The average Bonchev–Trinajstić information content (AvgIpc) is 2.65. The van der Waals surface area contributed by atoms with Crippen molar-refractivity contribution >= 4 is 11.6 Å². The molecule has 2 atom stereocenters. The number of aryl methyl sites for hydroxylation is 2. The van der Waals surface area contributed by atoms with E-state index in [1.807, 2.05) is 18.7 Å². The van der Waals surface area contributed by atoms with Gasteiger partial charge >= 0.3 is 0 Å². The highest BCUT2D eigenvalue weighted by Crippen LogP contribution is 2.25. The van der Waals surface area contributed by atoms with Crippen molar-refractivity contribution in [2.24, 2.45) is 18.9 Å². The van der Waals surface area contributed by atoms with E-state index >= 15 is 0 Å². The fourth-order valence-electron chi connectivity index (χ4n) is 3.18. The third-order valence-corrected chi connectivity index (χ3v) is 5.17. The third kappa shape index (κ3) is 3.61. The van der Waals surface area contributed by atoms with Gasteiger partial charge in [-0.2, -0.15) is 5.10 Å². The molecule has 5 heteroatoms. The first-order valence-corrected chi connectivity index (χ1v) is 8.34. The first kappa shape index (κ1) is 16.8. The topological polar surface area (TPSA) is 33.1 Å². The van der Waals surface area contributed by atoms with Crippen LogP contribution in [-0.2, 0) is 13.6 Å². The van der Waals surface area contributed by atoms with Crippen LogP contribution in [0.15, 0.2) is 0 Å². The Labute approximate surface area is 133 Å². The smallest absolute Gasteiger partial charge is 0.0860 e. The molecule has 2 heterocycles. The second-order valence-corrected chi connectivity index (χ2v) is 7.35. The van der Waals surface area contributed by atoms with Gasteiger partial charge in [0.15, 0.2) is 0 Å².